The van der Waals surface area contributed by atoms with Crippen LogP contribution in [0.5, 0.6) is 11.6 Å². The standard InChI is InChI=1S/C26H32N2O5/c1-26(2,3)32-25(29)28-16-8-7-12-20(28)15-17-30-24-23-21(13-9-14-22(23)33-27-24)31-18-19-10-5-4-6-11-19/h4-6,9-11,13-14,20H,7-8,12,15-18H2,1-3H3. The van der Waals surface area contributed by atoms with Crippen LogP contribution >= 0.6 is 0 Å². The Hall–Kier alpha value is -3.22. The maximum Gasteiger partial charge on any atom is 0.410 e. The normalized spacial score (nSPS) is 16.6. The van der Waals surface area contributed by atoms with Crippen LogP contribution in [0.1, 0.15) is 52.0 Å². The number of fused-ring (bicyclic) bond motifs is 1. The molecular formula is C26H32N2O5. The summed E-state index contributed by atoms with van der Waals surface area (Å²) in [5.74, 6) is 1.08. The zero-order valence-corrected chi connectivity index (χ0v) is 19.6. The number of hydrogen-bond acceptors (Lipinski definition) is 6. The molecule has 0 saturated carbocycles. The number of carbonyl (C=O) groups excluding carboxylic acids is 1. The third-order valence-electron chi connectivity index (χ3n) is 5.61. The van der Waals surface area contributed by atoms with Crippen LogP contribution in [0.15, 0.2) is 53.1 Å². The second kappa shape index (κ2) is 10.1. The molecule has 7 nitrogen and oxygen atoms in total. The van der Waals surface area contributed by atoms with Gasteiger partial charge in [-0.15, -0.1) is 0 Å². The number of rotatable bonds is 7. The van der Waals surface area contributed by atoms with Gasteiger partial charge in [-0.25, -0.2) is 4.79 Å². The molecule has 1 unspecified atom stereocenters. The summed E-state index contributed by atoms with van der Waals surface area (Å²) in [5, 5.41) is 4.84. The summed E-state index contributed by atoms with van der Waals surface area (Å²) < 4.78 is 23.1. The fourth-order valence-electron chi connectivity index (χ4n) is 4.04. The minimum absolute atomic E-state index is 0.0839. The molecule has 1 aliphatic heterocycles. The molecule has 2 aromatic carbocycles. The van der Waals surface area contributed by atoms with E-state index >= 15 is 0 Å². The summed E-state index contributed by atoms with van der Waals surface area (Å²) in [5.41, 5.74) is 1.18. The number of carbonyl (C=O) groups is 1. The van der Waals surface area contributed by atoms with Crippen molar-refractivity contribution in [1.29, 1.82) is 0 Å². The summed E-state index contributed by atoms with van der Waals surface area (Å²) in [6.07, 6.45) is 3.46. The van der Waals surface area contributed by atoms with Gasteiger partial charge in [0.05, 0.1) is 6.61 Å². The van der Waals surface area contributed by atoms with Gasteiger partial charge < -0.3 is 23.6 Å². The van der Waals surface area contributed by atoms with E-state index in [-0.39, 0.29) is 12.1 Å². The summed E-state index contributed by atoms with van der Waals surface area (Å²) in [6.45, 7) is 7.24. The fraction of sp³-hybridized carbons (Fsp3) is 0.462. The van der Waals surface area contributed by atoms with E-state index in [0.29, 0.717) is 43.4 Å². The monoisotopic (exact) mass is 452 g/mol. The molecular weight excluding hydrogens is 420 g/mol. The molecule has 0 radical (unpaired) electrons. The lowest BCUT2D eigenvalue weighted by Gasteiger charge is -2.36. The summed E-state index contributed by atoms with van der Waals surface area (Å²) in [6, 6.07) is 15.7. The van der Waals surface area contributed by atoms with Crippen LogP contribution < -0.4 is 9.47 Å². The second-order valence-corrected chi connectivity index (χ2v) is 9.35. The predicted octanol–water partition coefficient (Wildman–Crippen LogP) is 5.97. The topological polar surface area (TPSA) is 74.0 Å². The average Bonchev–Trinajstić information content (AvgIpc) is 3.21. The van der Waals surface area contributed by atoms with Crippen LogP contribution in [0.25, 0.3) is 11.0 Å². The van der Waals surface area contributed by atoms with Crippen molar-refractivity contribution in [3.63, 3.8) is 0 Å². The number of ether oxygens (including phenoxy) is 3. The molecule has 7 heteroatoms. The highest BCUT2D eigenvalue weighted by atomic mass is 16.6. The van der Waals surface area contributed by atoms with Crippen LogP contribution in [0.3, 0.4) is 0 Å². The average molecular weight is 453 g/mol. The van der Waals surface area contributed by atoms with Gasteiger partial charge in [0.15, 0.2) is 5.58 Å². The molecule has 1 saturated heterocycles. The number of amides is 1. The number of piperidine rings is 1. The molecule has 2 heterocycles. The van der Waals surface area contributed by atoms with Crippen molar-refractivity contribution >= 4 is 17.1 Å². The van der Waals surface area contributed by atoms with E-state index < -0.39 is 5.60 Å². The lowest BCUT2D eigenvalue weighted by molar-refractivity contribution is 0.00734. The van der Waals surface area contributed by atoms with Crippen molar-refractivity contribution in [2.75, 3.05) is 13.2 Å². The first-order valence-corrected chi connectivity index (χ1v) is 11.6. The number of benzene rings is 2. The molecule has 4 rings (SSSR count). The first kappa shape index (κ1) is 23.0. The van der Waals surface area contributed by atoms with Gasteiger partial charge in [0.25, 0.3) is 5.88 Å². The van der Waals surface area contributed by atoms with E-state index in [1.165, 1.54) is 0 Å². The minimum atomic E-state index is -0.509. The Bertz CT molecular complexity index is 1060. The van der Waals surface area contributed by atoms with Crippen LogP contribution in [0.2, 0.25) is 0 Å². The van der Waals surface area contributed by atoms with Gasteiger partial charge >= 0.3 is 6.09 Å². The summed E-state index contributed by atoms with van der Waals surface area (Å²) >= 11 is 0. The molecule has 0 N–H and O–H groups in total. The van der Waals surface area contributed by atoms with Gasteiger partial charge in [0.2, 0.25) is 0 Å². The van der Waals surface area contributed by atoms with Crippen LogP contribution in [-0.4, -0.2) is 40.9 Å². The highest BCUT2D eigenvalue weighted by molar-refractivity contribution is 5.88. The second-order valence-electron chi connectivity index (χ2n) is 9.35. The zero-order chi connectivity index (χ0) is 23.3. The lowest BCUT2D eigenvalue weighted by atomic mass is 10.0. The summed E-state index contributed by atoms with van der Waals surface area (Å²) in [7, 11) is 0. The number of hydrogen-bond donors (Lipinski definition) is 0. The first-order valence-electron chi connectivity index (χ1n) is 11.6. The molecule has 176 valence electrons. The fourth-order valence-corrected chi connectivity index (χ4v) is 4.04. The molecule has 3 aromatic rings. The smallest absolute Gasteiger partial charge is 0.410 e. The summed E-state index contributed by atoms with van der Waals surface area (Å²) in [4.78, 5) is 14.5. The molecule has 1 fully saturated rings. The van der Waals surface area contributed by atoms with E-state index in [0.717, 1.165) is 30.2 Å². The van der Waals surface area contributed by atoms with E-state index in [1.807, 2.05) is 74.2 Å². The van der Waals surface area contributed by atoms with Gasteiger partial charge in [-0.1, -0.05) is 36.4 Å². The van der Waals surface area contributed by atoms with Gasteiger partial charge in [0.1, 0.15) is 23.3 Å². The number of nitrogens with zero attached hydrogens (tertiary/aromatic N) is 2. The van der Waals surface area contributed by atoms with E-state index in [2.05, 4.69) is 5.16 Å². The molecule has 1 atom stereocenters. The van der Waals surface area contributed by atoms with Crippen LogP contribution in [0, 0.1) is 0 Å². The Morgan fingerprint density at radius 1 is 1.09 bits per heavy atom. The first-order chi connectivity index (χ1) is 15.9. The molecule has 0 aliphatic carbocycles. The van der Waals surface area contributed by atoms with Crippen LogP contribution in [-0.2, 0) is 11.3 Å². The number of likely N-dealkylation sites (tertiary alicyclic amines) is 1. The highest BCUT2D eigenvalue weighted by Gasteiger charge is 2.30. The lowest BCUT2D eigenvalue weighted by Crippen LogP contribution is -2.46. The van der Waals surface area contributed by atoms with E-state index in [1.54, 1.807) is 0 Å². The minimum Gasteiger partial charge on any atom is -0.488 e. The van der Waals surface area contributed by atoms with Gasteiger partial charge in [-0.2, -0.15) is 0 Å². The van der Waals surface area contributed by atoms with E-state index in [9.17, 15) is 4.79 Å². The van der Waals surface area contributed by atoms with Crippen molar-refractivity contribution in [2.45, 2.75) is 64.7 Å². The molecule has 0 spiro atoms. The van der Waals surface area contributed by atoms with Crippen molar-refractivity contribution in [3.05, 3.63) is 54.1 Å². The van der Waals surface area contributed by atoms with Gasteiger partial charge in [-0.05, 0) is 62.9 Å². The van der Waals surface area contributed by atoms with Crippen molar-refractivity contribution in [2.24, 2.45) is 0 Å². The largest absolute Gasteiger partial charge is 0.488 e. The third-order valence-corrected chi connectivity index (χ3v) is 5.61. The van der Waals surface area contributed by atoms with Gasteiger partial charge in [-0.3, -0.25) is 0 Å². The quantitative estimate of drug-likeness (QED) is 0.440. The third kappa shape index (κ3) is 5.97. The number of aromatic nitrogens is 1. The van der Waals surface area contributed by atoms with Gasteiger partial charge in [0, 0.05) is 19.0 Å². The highest BCUT2D eigenvalue weighted by Crippen LogP contribution is 2.34. The maximum absolute atomic E-state index is 12.6. The Morgan fingerprint density at radius 3 is 2.70 bits per heavy atom. The SMILES string of the molecule is CC(C)(C)OC(=O)N1CCCCC1CCOc1noc2cccc(OCc3ccccc3)c12. The van der Waals surface area contributed by atoms with Crippen molar-refractivity contribution < 1.29 is 23.5 Å². The molecule has 1 aromatic heterocycles. The Morgan fingerprint density at radius 2 is 1.91 bits per heavy atom. The molecule has 33 heavy (non-hydrogen) atoms. The van der Waals surface area contributed by atoms with Crippen molar-refractivity contribution in [3.8, 4) is 11.6 Å². The maximum atomic E-state index is 12.6. The zero-order valence-electron chi connectivity index (χ0n) is 19.6. The van der Waals surface area contributed by atoms with Crippen molar-refractivity contribution in [1.82, 2.24) is 10.1 Å². The van der Waals surface area contributed by atoms with Crippen LogP contribution in [0.4, 0.5) is 4.79 Å². The molecule has 1 amide bonds. The molecule has 1 aliphatic rings. The Balaban J connectivity index is 1.40. The van der Waals surface area contributed by atoms with E-state index in [4.69, 9.17) is 18.7 Å². The Kier molecular flexibility index (Phi) is 7.06. The Labute approximate surface area is 194 Å². The molecule has 0 bridgehead atoms. The predicted molar refractivity (Wildman–Crippen MR) is 125 cm³/mol.